The van der Waals surface area contributed by atoms with Gasteiger partial charge in [0.15, 0.2) is 0 Å². The molecule has 0 fully saturated rings. The second kappa shape index (κ2) is 6.86. The van der Waals surface area contributed by atoms with E-state index in [1.54, 1.807) is 12.1 Å². The van der Waals surface area contributed by atoms with E-state index in [9.17, 15) is 4.39 Å². The van der Waals surface area contributed by atoms with E-state index in [-0.39, 0.29) is 24.1 Å². The monoisotopic (exact) mass is 253 g/mol. The van der Waals surface area contributed by atoms with Crippen molar-refractivity contribution >= 4 is 0 Å². The normalized spacial score (nSPS) is 16.6. The molecule has 0 saturated carbocycles. The van der Waals surface area contributed by atoms with Gasteiger partial charge in [-0.1, -0.05) is 26.0 Å². The van der Waals surface area contributed by atoms with E-state index in [0.717, 1.165) is 12.0 Å². The van der Waals surface area contributed by atoms with Gasteiger partial charge in [0.1, 0.15) is 5.82 Å². The van der Waals surface area contributed by atoms with E-state index in [4.69, 9.17) is 10.5 Å². The van der Waals surface area contributed by atoms with Crippen LogP contribution in [0.2, 0.25) is 0 Å². The van der Waals surface area contributed by atoms with Gasteiger partial charge in [-0.25, -0.2) is 4.39 Å². The molecule has 0 amide bonds. The Bertz CT molecular complexity index is 348. The van der Waals surface area contributed by atoms with Crippen LogP contribution in [0.3, 0.4) is 0 Å². The van der Waals surface area contributed by atoms with Crippen molar-refractivity contribution in [1.82, 2.24) is 0 Å². The smallest absolute Gasteiger partial charge is 0.123 e. The molecule has 0 spiro atoms. The van der Waals surface area contributed by atoms with Gasteiger partial charge in [0.25, 0.3) is 0 Å². The van der Waals surface area contributed by atoms with Crippen molar-refractivity contribution < 1.29 is 9.13 Å². The largest absolute Gasteiger partial charge is 0.369 e. The number of hydrogen-bond acceptors (Lipinski definition) is 2. The number of rotatable bonds is 6. The predicted molar refractivity (Wildman–Crippen MR) is 72.8 cm³/mol. The van der Waals surface area contributed by atoms with Gasteiger partial charge in [0.2, 0.25) is 0 Å². The zero-order valence-corrected chi connectivity index (χ0v) is 11.7. The van der Waals surface area contributed by atoms with E-state index in [1.807, 2.05) is 6.92 Å². The highest BCUT2D eigenvalue weighted by Gasteiger charge is 2.20. The lowest BCUT2D eigenvalue weighted by Crippen LogP contribution is -2.30. The third-order valence-corrected chi connectivity index (χ3v) is 2.86. The van der Waals surface area contributed by atoms with Gasteiger partial charge < -0.3 is 10.5 Å². The Labute approximate surface area is 109 Å². The van der Waals surface area contributed by atoms with Crippen molar-refractivity contribution in [1.29, 1.82) is 0 Å². The minimum Gasteiger partial charge on any atom is -0.369 e. The van der Waals surface area contributed by atoms with Gasteiger partial charge in [-0.15, -0.1) is 0 Å². The van der Waals surface area contributed by atoms with Gasteiger partial charge >= 0.3 is 0 Å². The van der Waals surface area contributed by atoms with Crippen LogP contribution in [0.4, 0.5) is 4.39 Å². The zero-order valence-electron chi connectivity index (χ0n) is 11.7. The molecule has 1 rings (SSSR count). The van der Waals surface area contributed by atoms with Crippen LogP contribution in [0.5, 0.6) is 0 Å². The van der Waals surface area contributed by atoms with Crippen LogP contribution in [-0.4, -0.2) is 12.1 Å². The molecular formula is C15H24FNO. The summed E-state index contributed by atoms with van der Waals surface area (Å²) in [6.07, 6.45) is 0.954. The fourth-order valence-corrected chi connectivity index (χ4v) is 2.13. The molecule has 2 nitrogen and oxygen atoms in total. The zero-order chi connectivity index (χ0) is 13.7. The van der Waals surface area contributed by atoms with E-state index < -0.39 is 0 Å². The summed E-state index contributed by atoms with van der Waals surface area (Å²) in [5.74, 6) is 0.347. The summed E-state index contributed by atoms with van der Waals surface area (Å²) in [5, 5.41) is 0. The quantitative estimate of drug-likeness (QED) is 0.839. The second-order valence-corrected chi connectivity index (χ2v) is 5.41. The molecule has 18 heavy (non-hydrogen) atoms. The molecule has 3 atom stereocenters. The van der Waals surface area contributed by atoms with Gasteiger partial charge in [-0.05, 0) is 43.9 Å². The third kappa shape index (κ3) is 4.75. The van der Waals surface area contributed by atoms with Gasteiger partial charge in [-0.2, -0.15) is 0 Å². The van der Waals surface area contributed by atoms with Crippen LogP contribution in [-0.2, 0) is 4.74 Å². The van der Waals surface area contributed by atoms with E-state index in [2.05, 4.69) is 20.8 Å². The Morgan fingerprint density at radius 1 is 1.11 bits per heavy atom. The summed E-state index contributed by atoms with van der Waals surface area (Å²) < 4.78 is 18.9. The lowest BCUT2D eigenvalue weighted by Gasteiger charge is -2.26. The van der Waals surface area contributed by atoms with E-state index in [1.165, 1.54) is 12.1 Å². The molecule has 0 aromatic heterocycles. The molecule has 0 aliphatic carbocycles. The highest BCUT2D eigenvalue weighted by atomic mass is 19.1. The SMILES string of the molecule is CC(C)CC(C)OC(c1ccc(F)cc1)C(C)N. The molecule has 0 aliphatic rings. The van der Waals surface area contributed by atoms with Crippen molar-refractivity contribution in [2.24, 2.45) is 11.7 Å². The van der Waals surface area contributed by atoms with Crippen molar-refractivity contribution in [3.63, 3.8) is 0 Å². The first-order chi connectivity index (χ1) is 8.40. The first kappa shape index (κ1) is 15.1. The maximum atomic E-state index is 12.9. The first-order valence-corrected chi connectivity index (χ1v) is 6.56. The Morgan fingerprint density at radius 3 is 2.11 bits per heavy atom. The molecule has 0 radical (unpaired) electrons. The fourth-order valence-electron chi connectivity index (χ4n) is 2.13. The lowest BCUT2D eigenvalue weighted by atomic mass is 10.0. The van der Waals surface area contributed by atoms with Crippen molar-refractivity contribution in [2.45, 2.75) is 52.4 Å². The highest BCUT2D eigenvalue weighted by Crippen LogP contribution is 2.24. The molecular weight excluding hydrogens is 229 g/mol. The van der Waals surface area contributed by atoms with Gasteiger partial charge in [0.05, 0.1) is 12.2 Å². The molecule has 0 aliphatic heterocycles. The maximum Gasteiger partial charge on any atom is 0.123 e. The molecule has 1 aromatic carbocycles. The molecule has 0 saturated heterocycles. The summed E-state index contributed by atoms with van der Waals surface area (Å²) in [6.45, 7) is 8.30. The number of nitrogens with two attached hydrogens (primary N) is 1. The molecule has 3 heteroatoms. The van der Waals surface area contributed by atoms with Crippen LogP contribution in [0.1, 0.15) is 45.8 Å². The summed E-state index contributed by atoms with van der Waals surface area (Å²) in [6, 6.07) is 6.25. The number of halogens is 1. The maximum absolute atomic E-state index is 12.9. The topological polar surface area (TPSA) is 35.2 Å². The Kier molecular flexibility index (Phi) is 5.76. The van der Waals surface area contributed by atoms with E-state index >= 15 is 0 Å². The van der Waals surface area contributed by atoms with Crippen molar-refractivity contribution in [3.05, 3.63) is 35.6 Å². The summed E-state index contributed by atoms with van der Waals surface area (Å²) >= 11 is 0. The molecule has 2 N–H and O–H groups in total. The second-order valence-electron chi connectivity index (χ2n) is 5.41. The van der Waals surface area contributed by atoms with Crippen LogP contribution in [0, 0.1) is 11.7 Å². The van der Waals surface area contributed by atoms with Crippen molar-refractivity contribution in [3.8, 4) is 0 Å². The molecule has 3 unspecified atom stereocenters. The first-order valence-electron chi connectivity index (χ1n) is 6.56. The lowest BCUT2D eigenvalue weighted by molar-refractivity contribution is -0.0237. The Balaban J connectivity index is 2.74. The minimum atomic E-state index is -0.239. The van der Waals surface area contributed by atoms with Crippen molar-refractivity contribution in [2.75, 3.05) is 0 Å². The van der Waals surface area contributed by atoms with Crippen LogP contribution in [0.15, 0.2) is 24.3 Å². The average molecular weight is 253 g/mol. The Hall–Kier alpha value is -0.930. The fraction of sp³-hybridized carbons (Fsp3) is 0.600. The molecule has 102 valence electrons. The van der Waals surface area contributed by atoms with Crippen LogP contribution < -0.4 is 5.73 Å². The number of benzene rings is 1. The van der Waals surface area contributed by atoms with Crippen LogP contribution in [0.25, 0.3) is 0 Å². The highest BCUT2D eigenvalue weighted by molar-refractivity contribution is 5.20. The summed E-state index contributed by atoms with van der Waals surface area (Å²) in [7, 11) is 0. The minimum absolute atomic E-state index is 0.120. The molecule has 1 aromatic rings. The summed E-state index contributed by atoms with van der Waals surface area (Å²) in [5.41, 5.74) is 6.90. The average Bonchev–Trinajstić information content (AvgIpc) is 2.26. The molecule has 0 bridgehead atoms. The van der Waals surface area contributed by atoms with Gasteiger partial charge in [-0.3, -0.25) is 0 Å². The summed E-state index contributed by atoms with van der Waals surface area (Å²) in [4.78, 5) is 0. The standard InChI is InChI=1S/C15H24FNO/c1-10(2)9-11(3)18-15(12(4)17)13-5-7-14(16)8-6-13/h5-8,10-12,15H,9,17H2,1-4H3. The van der Waals surface area contributed by atoms with Gasteiger partial charge in [0, 0.05) is 6.04 Å². The van der Waals surface area contributed by atoms with Crippen LogP contribution >= 0.6 is 0 Å². The Morgan fingerprint density at radius 2 is 1.67 bits per heavy atom. The third-order valence-electron chi connectivity index (χ3n) is 2.86. The molecule has 0 heterocycles. The van der Waals surface area contributed by atoms with E-state index in [0.29, 0.717) is 5.92 Å². The number of ether oxygens (including phenoxy) is 1. The number of hydrogen-bond donors (Lipinski definition) is 1. The predicted octanol–water partition coefficient (Wildman–Crippen LogP) is 3.67.